The van der Waals surface area contributed by atoms with E-state index in [9.17, 15) is 13.2 Å². The summed E-state index contributed by atoms with van der Waals surface area (Å²) in [4.78, 5) is 12.6. The van der Waals surface area contributed by atoms with Crippen molar-refractivity contribution < 1.29 is 13.2 Å². The van der Waals surface area contributed by atoms with Crippen LogP contribution in [0.5, 0.6) is 0 Å². The van der Waals surface area contributed by atoms with Crippen LogP contribution in [-0.2, 0) is 16.4 Å². The maximum Gasteiger partial charge on any atom is 0.251 e. The van der Waals surface area contributed by atoms with E-state index in [1.54, 1.807) is 0 Å². The van der Waals surface area contributed by atoms with Gasteiger partial charge in [0.05, 0.1) is 11.1 Å². The van der Waals surface area contributed by atoms with Gasteiger partial charge in [-0.05, 0) is 48.6 Å². The van der Waals surface area contributed by atoms with E-state index in [0.29, 0.717) is 0 Å². The Morgan fingerprint density at radius 3 is 2.81 bits per heavy atom. The molecule has 0 bridgehead atoms. The average molecular weight is 405 g/mol. The van der Waals surface area contributed by atoms with Crippen molar-refractivity contribution in [2.45, 2.75) is 30.2 Å². The first-order chi connectivity index (χ1) is 12.9. The fraction of sp³-hybridized carbons (Fsp3) is 0.250. The van der Waals surface area contributed by atoms with Gasteiger partial charge < -0.3 is 5.32 Å². The first-order valence-corrected chi connectivity index (χ1v) is 10.6. The Morgan fingerprint density at radius 2 is 2.04 bits per heavy atom. The molecule has 2 aromatic rings. The monoisotopic (exact) mass is 404 g/mol. The Balaban J connectivity index is 1.84. The van der Waals surface area contributed by atoms with Crippen LogP contribution in [0.1, 0.15) is 40.4 Å². The molecule has 0 radical (unpaired) electrons. The van der Waals surface area contributed by atoms with Crippen LogP contribution in [-0.4, -0.2) is 20.9 Å². The standard InChI is InChI=1S/C20H21ClN2O3S/c1-2-12-22-27(25,26)19-13-15(10-11-17(19)21)20(24)23-18-9-5-7-14-6-3-4-8-16(14)18/h2-4,6,8,10-11,13,18,22H,1,5,7,9,12H2,(H,23,24)/t18-/m0/s1. The molecular weight excluding hydrogens is 384 g/mol. The summed E-state index contributed by atoms with van der Waals surface area (Å²) in [7, 11) is -3.82. The number of sulfonamides is 1. The van der Waals surface area contributed by atoms with E-state index >= 15 is 0 Å². The summed E-state index contributed by atoms with van der Waals surface area (Å²) in [6, 6.07) is 12.2. The van der Waals surface area contributed by atoms with Crippen LogP contribution in [0.25, 0.3) is 0 Å². The molecule has 2 N–H and O–H groups in total. The molecule has 3 rings (SSSR count). The molecule has 5 nitrogen and oxygen atoms in total. The highest BCUT2D eigenvalue weighted by molar-refractivity contribution is 7.89. The van der Waals surface area contributed by atoms with Crippen molar-refractivity contribution in [1.82, 2.24) is 10.0 Å². The molecule has 1 amide bonds. The quantitative estimate of drug-likeness (QED) is 0.722. The van der Waals surface area contributed by atoms with Crippen molar-refractivity contribution in [2.75, 3.05) is 6.54 Å². The number of rotatable bonds is 6. The Morgan fingerprint density at radius 1 is 1.26 bits per heavy atom. The fourth-order valence-electron chi connectivity index (χ4n) is 3.24. The Bertz CT molecular complexity index is 973. The summed E-state index contributed by atoms with van der Waals surface area (Å²) in [6.45, 7) is 3.56. The summed E-state index contributed by atoms with van der Waals surface area (Å²) in [6.07, 6.45) is 4.28. The number of benzene rings is 2. The molecule has 0 spiro atoms. The van der Waals surface area contributed by atoms with E-state index in [-0.39, 0.29) is 34.0 Å². The van der Waals surface area contributed by atoms with Crippen LogP contribution in [0.15, 0.2) is 60.0 Å². The van der Waals surface area contributed by atoms with E-state index in [0.717, 1.165) is 24.8 Å². The molecule has 7 heteroatoms. The van der Waals surface area contributed by atoms with Crippen LogP contribution >= 0.6 is 11.6 Å². The SMILES string of the molecule is C=CCNS(=O)(=O)c1cc(C(=O)N[C@H]2CCCc3ccccc32)ccc1Cl. The lowest BCUT2D eigenvalue weighted by Crippen LogP contribution is -2.31. The third-order valence-electron chi connectivity index (χ3n) is 4.58. The van der Waals surface area contributed by atoms with E-state index in [2.05, 4.69) is 22.7 Å². The number of amides is 1. The van der Waals surface area contributed by atoms with Crippen molar-refractivity contribution >= 4 is 27.5 Å². The minimum atomic E-state index is -3.82. The first kappa shape index (κ1) is 19.6. The van der Waals surface area contributed by atoms with Gasteiger partial charge in [0.15, 0.2) is 0 Å². The van der Waals surface area contributed by atoms with Crippen molar-refractivity contribution in [3.8, 4) is 0 Å². The molecule has 2 aromatic carbocycles. The van der Waals surface area contributed by atoms with Gasteiger partial charge in [-0.1, -0.05) is 41.9 Å². The summed E-state index contributed by atoms with van der Waals surface area (Å²) < 4.78 is 27.1. The van der Waals surface area contributed by atoms with Crippen molar-refractivity contribution in [3.63, 3.8) is 0 Å². The summed E-state index contributed by atoms with van der Waals surface area (Å²) in [5, 5.41) is 3.08. The zero-order chi connectivity index (χ0) is 19.4. The summed E-state index contributed by atoms with van der Waals surface area (Å²) >= 11 is 6.05. The molecule has 1 aliphatic rings. The molecule has 1 atom stereocenters. The molecule has 0 fully saturated rings. The fourth-order valence-corrected chi connectivity index (χ4v) is 4.76. The number of fused-ring (bicyclic) bond motifs is 1. The van der Waals surface area contributed by atoms with E-state index < -0.39 is 10.0 Å². The molecule has 27 heavy (non-hydrogen) atoms. The predicted molar refractivity (Wildman–Crippen MR) is 106 cm³/mol. The van der Waals surface area contributed by atoms with Crippen LogP contribution in [0.4, 0.5) is 0 Å². The summed E-state index contributed by atoms with van der Waals surface area (Å²) in [5.74, 6) is -0.325. The number of halogens is 1. The molecule has 0 saturated carbocycles. The maximum atomic E-state index is 12.7. The van der Waals surface area contributed by atoms with Gasteiger partial charge in [0.2, 0.25) is 10.0 Å². The molecule has 142 valence electrons. The third kappa shape index (κ3) is 4.40. The van der Waals surface area contributed by atoms with Gasteiger partial charge in [0.25, 0.3) is 5.91 Å². The molecule has 0 unspecified atom stereocenters. The smallest absolute Gasteiger partial charge is 0.251 e. The van der Waals surface area contributed by atoms with Gasteiger partial charge in [0, 0.05) is 12.1 Å². The second-order valence-corrected chi connectivity index (χ2v) is 8.55. The number of carbonyl (C=O) groups is 1. The molecule has 0 aliphatic heterocycles. The zero-order valence-corrected chi connectivity index (χ0v) is 16.3. The van der Waals surface area contributed by atoms with Gasteiger partial charge in [-0.25, -0.2) is 13.1 Å². The van der Waals surface area contributed by atoms with Gasteiger partial charge in [-0.2, -0.15) is 0 Å². The first-order valence-electron chi connectivity index (χ1n) is 8.71. The molecule has 0 saturated heterocycles. The highest BCUT2D eigenvalue weighted by Crippen LogP contribution is 2.30. The molecule has 0 heterocycles. The van der Waals surface area contributed by atoms with E-state index in [1.807, 2.05) is 18.2 Å². The maximum absolute atomic E-state index is 12.7. The van der Waals surface area contributed by atoms with Gasteiger partial charge in [-0.3, -0.25) is 4.79 Å². The minimum Gasteiger partial charge on any atom is -0.345 e. The molecular formula is C20H21ClN2O3S. The lowest BCUT2D eigenvalue weighted by atomic mass is 9.87. The second kappa shape index (κ2) is 8.25. The molecule has 1 aliphatic carbocycles. The van der Waals surface area contributed by atoms with Crippen LogP contribution in [0.3, 0.4) is 0 Å². The highest BCUT2D eigenvalue weighted by Gasteiger charge is 2.24. The number of carbonyl (C=O) groups excluding carboxylic acids is 1. The minimum absolute atomic E-state index is 0.0612. The van der Waals surface area contributed by atoms with Gasteiger partial charge in [0.1, 0.15) is 4.90 Å². The Hall–Kier alpha value is -2.15. The Kier molecular flexibility index (Phi) is 5.99. The van der Waals surface area contributed by atoms with E-state index in [4.69, 9.17) is 11.6 Å². The number of hydrogen-bond donors (Lipinski definition) is 2. The van der Waals surface area contributed by atoms with Crippen LogP contribution in [0.2, 0.25) is 5.02 Å². The lowest BCUT2D eigenvalue weighted by molar-refractivity contribution is 0.0932. The van der Waals surface area contributed by atoms with Crippen molar-refractivity contribution in [1.29, 1.82) is 0 Å². The van der Waals surface area contributed by atoms with Crippen molar-refractivity contribution in [3.05, 3.63) is 76.8 Å². The summed E-state index contributed by atoms with van der Waals surface area (Å²) in [5.41, 5.74) is 2.61. The predicted octanol–water partition coefficient (Wildman–Crippen LogP) is 3.61. The van der Waals surface area contributed by atoms with Crippen LogP contribution < -0.4 is 10.0 Å². The van der Waals surface area contributed by atoms with Gasteiger partial charge in [-0.15, -0.1) is 6.58 Å². The van der Waals surface area contributed by atoms with E-state index in [1.165, 1.54) is 29.8 Å². The van der Waals surface area contributed by atoms with Gasteiger partial charge >= 0.3 is 0 Å². The normalized spacial score (nSPS) is 16.4. The third-order valence-corrected chi connectivity index (χ3v) is 6.48. The number of hydrogen-bond acceptors (Lipinski definition) is 3. The largest absolute Gasteiger partial charge is 0.345 e. The molecule has 0 aromatic heterocycles. The Labute approximate surface area is 164 Å². The second-order valence-electron chi connectivity index (χ2n) is 6.40. The van der Waals surface area contributed by atoms with Crippen molar-refractivity contribution in [2.24, 2.45) is 0 Å². The highest BCUT2D eigenvalue weighted by atomic mass is 35.5. The van der Waals surface area contributed by atoms with Crippen LogP contribution in [0, 0.1) is 0 Å². The number of aryl methyl sites for hydroxylation is 1. The lowest BCUT2D eigenvalue weighted by Gasteiger charge is -2.26. The number of nitrogens with one attached hydrogen (secondary N) is 2. The topological polar surface area (TPSA) is 75.3 Å². The zero-order valence-electron chi connectivity index (χ0n) is 14.7. The average Bonchev–Trinajstić information content (AvgIpc) is 2.67.